The lowest BCUT2D eigenvalue weighted by atomic mass is 10.0. The molecule has 0 saturated carbocycles. The molecule has 0 bridgehead atoms. The summed E-state index contributed by atoms with van der Waals surface area (Å²) in [6, 6.07) is 8.64. The van der Waals surface area contributed by atoms with Crippen molar-refractivity contribution >= 4 is 10.9 Å². The lowest BCUT2D eigenvalue weighted by Gasteiger charge is -2.25. The molecule has 1 aliphatic rings. The van der Waals surface area contributed by atoms with Crippen LogP contribution in [0.1, 0.15) is 36.8 Å². The molecule has 1 atom stereocenters. The first-order valence-electron chi connectivity index (χ1n) is 8.37. The molecule has 22 heavy (non-hydrogen) atoms. The number of rotatable bonds is 5. The second kappa shape index (κ2) is 7.21. The van der Waals surface area contributed by atoms with Crippen molar-refractivity contribution in [3.63, 3.8) is 0 Å². The van der Waals surface area contributed by atoms with Gasteiger partial charge in [-0.15, -0.1) is 0 Å². The van der Waals surface area contributed by atoms with Gasteiger partial charge in [0.1, 0.15) is 0 Å². The highest BCUT2D eigenvalue weighted by Crippen LogP contribution is 2.22. The molecular weight excluding hydrogens is 272 g/mol. The van der Waals surface area contributed by atoms with Crippen molar-refractivity contribution in [3.8, 4) is 0 Å². The van der Waals surface area contributed by atoms with Gasteiger partial charge < -0.3 is 9.64 Å². The van der Waals surface area contributed by atoms with Crippen LogP contribution in [-0.4, -0.2) is 36.2 Å². The number of fused-ring (bicyclic) bond motifs is 1. The average Bonchev–Trinajstić information content (AvgIpc) is 2.57. The van der Waals surface area contributed by atoms with Crippen LogP contribution < -0.4 is 0 Å². The number of aromatic nitrogens is 1. The minimum absolute atomic E-state index is 0.465. The summed E-state index contributed by atoms with van der Waals surface area (Å²) in [7, 11) is 2.20. The molecule has 2 aromatic rings. The maximum absolute atomic E-state index is 5.83. The van der Waals surface area contributed by atoms with E-state index in [4.69, 9.17) is 4.74 Å². The van der Waals surface area contributed by atoms with Gasteiger partial charge in [-0.25, -0.2) is 0 Å². The van der Waals surface area contributed by atoms with Crippen LogP contribution in [0.25, 0.3) is 10.9 Å². The van der Waals surface area contributed by atoms with Gasteiger partial charge in [0, 0.05) is 31.3 Å². The second-order valence-electron chi connectivity index (χ2n) is 6.46. The van der Waals surface area contributed by atoms with E-state index in [1.807, 2.05) is 12.3 Å². The van der Waals surface area contributed by atoms with Crippen molar-refractivity contribution in [3.05, 3.63) is 41.6 Å². The number of aryl methyl sites for hydroxylation is 1. The molecule has 0 aliphatic carbocycles. The Balaban J connectivity index is 1.64. The number of pyridine rings is 1. The summed E-state index contributed by atoms with van der Waals surface area (Å²) in [5.41, 5.74) is 3.74. The maximum Gasteiger partial charge on any atom is 0.0734 e. The molecule has 0 amide bonds. The highest BCUT2D eigenvalue weighted by molar-refractivity contribution is 5.84. The van der Waals surface area contributed by atoms with Crippen molar-refractivity contribution < 1.29 is 4.74 Å². The van der Waals surface area contributed by atoms with Crippen LogP contribution in [0.5, 0.6) is 0 Å². The summed E-state index contributed by atoms with van der Waals surface area (Å²) in [4.78, 5) is 6.93. The van der Waals surface area contributed by atoms with E-state index in [0.29, 0.717) is 6.10 Å². The van der Waals surface area contributed by atoms with Gasteiger partial charge in [-0.05, 0) is 56.8 Å². The van der Waals surface area contributed by atoms with Crippen LogP contribution >= 0.6 is 0 Å². The summed E-state index contributed by atoms with van der Waals surface area (Å²) in [6.07, 6.45) is 7.26. The molecule has 3 rings (SSSR count). The molecule has 3 nitrogen and oxygen atoms in total. The summed E-state index contributed by atoms with van der Waals surface area (Å²) in [6.45, 7) is 5.13. The molecule has 2 heterocycles. The number of benzene rings is 1. The SMILES string of the molecule is Cc1ccc(CN(C)CCC2CCCCO2)c2cccnc12. The van der Waals surface area contributed by atoms with E-state index in [1.54, 1.807) is 0 Å². The molecule has 1 aromatic carbocycles. The predicted octanol–water partition coefficient (Wildman–Crippen LogP) is 3.93. The number of hydrogen-bond acceptors (Lipinski definition) is 3. The van der Waals surface area contributed by atoms with E-state index in [-0.39, 0.29) is 0 Å². The quantitative estimate of drug-likeness (QED) is 0.836. The molecule has 118 valence electrons. The summed E-state index contributed by atoms with van der Waals surface area (Å²) >= 11 is 0. The summed E-state index contributed by atoms with van der Waals surface area (Å²) < 4.78 is 5.83. The monoisotopic (exact) mass is 298 g/mol. The van der Waals surface area contributed by atoms with Crippen molar-refractivity contribution in [2.24, 2.45) is 0 Å². The van der Waals surface area contributed by atoms with Crippen molar-refractivity contribution in [1.29, 1.82) is 0 Å². The van der Waals surface area contributed by atoms with Crippen LogP contribution in [0.3, 0.4) is 0 Å². The van der Waals surface area contributed by atoms with Gasteiger partial charge in [0.05, 0.1) is 11.6 Å². The Hall–Kier alpha value is -1.45. The smallest absolute Gasteiger partial charge is 0.0734 e. The third-order valence-electron chi connectivity index (χ3n) is 4.61. The zero-order valence-electron chi connectivity index (χ0n) is 13.7. The van der Waals surface area contributed by atoms with Crippen LogP contribution in [0.2, 0.25) is 0 Å². The molecule has 1 fully saturated rings. The summed E-state index contributed by atoms with van der Waals surface area (Å²) in [5, 5.41) is 1.28. The first kappa shape index (κ1) is 15.4. The zero-order chi connectivity index (χ0) is 15.4. The molecule has 1 aliphatic heterocycles. The minimum Gasteiger partial charge on any atom is -0.378 e. The molecule has 1 saturated heterocycles. The van der Waals surface area contributed by atoms with Crippen LogP contribution in [-0.2, 0) is 11.3 Å². The highest BCUT2D eigenvalue weighted by atomic mass is 16.5. The summed E-state index contributed by atoms with van der Waals surface area (Å²) in [5.74, 6) is 0. The standard InChI is InChI=1S/C19H26N2O/c1-15-8-9-16(18-7-5-11-20-19(15)18)14-21(2)12-10-17-6-3-4-13-22-17/h5,7-9,11,17H,3-4,6,10,12-14H2,1-2H3. The van der Waals surface area contributed by atoms with E-state index >= 15 is 0 Å². The van der Waals surface area contributed by atoms with Crippen LogP contribution in [0.4, 0.5) is 0 Å². The van der Waals surface area contributed by atoms with Crippen LogP contribution in [0, 0.1) is 6.92 Å². The van der Waals surface area contributed by atoms with E-state index in [0.717, 1.165) is 31.6 Å². The van der Waals surface area contributed by atoms with Crippen molar-refractivity contribution in [2.75, 3.05) is 20.2 Å². The fourth-order valence-corrected chi connectivity index (χ4v) is 3.28. The van der Waals surface area contributed by atoms with Gasteiger partial charge in [0.2, 0.25) is 0 Å². The molecule has 3 heteroatoms. The first-order chi connectivity index (χ1) is 10.7. The minimum atomic E-state index is 0.465. The normalized spacial score (nSPS) is 19.0. The maximum atomic E-state index is 5.83. The van der Waals surface area contributed by atoms with Crippen LogP contribution in [0.15, 0.2) is 30.5 Å². The zero-order valence-corrected chi connectivity index (χ0v) is 13.7. The Morgan fingerprint density at radius 3 is 3.00 bits per heavy atom. The highest BCUT2D eigenvalue weighted by Gasteiger charge is 2.14. The average molecular weight is 298 g/mol. The van der Waals surface area contributed by atoms with E-state index < -0.39 is 0 Å². The predicted molar refractivity (Wildman–Crippen MR) is 91.0 cm³/mol. The van der Waals surface area contributed by atoms with Gasteiger partial charge in [-0.2, -0.15) is 0 Å². The fraction of sp³-hybridized carbons (Fsp3) is 0.526. The first-order valence-corrected chi connectivity index (χ1v) is 8.37. The Morgan fingerprint density at radius 2 is 2.18 bits per heavy atom. The Morgan fingerprint density at radius 1 is 1.27 bits per heavy atom. The molecule has 1 aromatic heterocycles. The molecule has 1 unspecified atom stereocenters. The van der Waals surface area contributed by atoms with Gasteiger partial charge in [-0.1, -0.05) is 18.2 Å². The fourth-order valence-electron chi connectivity index (χ4n) is 3.28. The Labute approximate surface area is 133 Å². The largest absolute Gasteiger partial charge is 0.378 e. The molecule has 0 radical (unpaired) electrons. The van der Waals surface area contributed by atoms with Crippen molar-refractivity contribution in [2.45, 2.75) is 45.3 Å². The van der Waals surface area contributed by atoms with E-state index in [9.17, 15) is 0 Å². The lowest BCUT2D eigenvalue weighted by molar-refractivity contribution is 0.00642. The second-order valence-corrected chi connectivity index (χ2v) is 6.46. The number of nitrogens with zero attached hydrogens (tertiary/aromatic N) is 2. The number of hydrogen-bond donors (Lipinski definition) is 0. The van der Waals surface area contributed by atoms with Gasteiger partial charge in [-0.3, -0.25) is 4.98 Å². The third kappa shape index (κ3) is 3.65. The van der Waals surface area contributed by atoms with Crippen molar-refractivity contribution in [1.82, 2.24) is 9.88 Å². The van der Waals surface area contributed by atoms with E-state index in [2.05, 4.69) is 42.1 Å². The van der Waals surface area contributed by atoms with Gasteiger partial charge in [0.15, 0.2) is 0 Å². The number of ether oxygens (including phenoxy) is 1. The topological polar surface area (TPSA) is 25.4 Å². The third-order valence-corrected chi connectivity index (χ3v) is 4.61. The lowest BCUT2D eigenvalue weighted by Crippen LogP contribution is -2.26. The Bertz CT molecular complexity index is 620. The van der Waals surface area contributed by atoms with Gasteiger partial charge >= 0.3 is 0 Å². The van der Waals surface area contributed by atoms with Gasteiger partial charge in [0.25, 0.3) is 0 Å². The molecular formula is C19H26N2O. The molecule has 0 N–H and O–H groups in total. The molecule has 0 spiro atoms. The Kier molecular flexibility index (Phi) is 5.06. The van der Waals surface area contributed by atoms with E-state index in [1.165, 1.54) is 35.8 Å².